The number of hydrogen-bond donors (Lipinski definition) is 2. The number of imide groups is 1. The lowest BCUT2D eigenvalue weighted by molar-refractivity contribution is 0.0609. The fourth-order valence-corrected chi connectivity index (χ4v) is 2.56. The number of urea groups is 1. The normalized spacial score (nSPS) is 13.4. The summed E-state index contributed by atoms with van der Waals surface area (Å²) >= 11 is 0. The van der Waals surface area contributed by atoms with Crippen LogP contribution >= 0.6 is 0 Å². The number of benzene rings is 1. The topological polar surface area (TPSA) is 91.7 Å². The summed E-state index contributed by atoms with van der Waals surface area (Å²) in [5, 5.41) is 5.28. The number of hydrogen-bond acceptors (Lipinski definition) is 4. The van der Waals surface area contributed by atoms with E-state index in [1.165, 1.54) is 17.2 Å². The van der Waals surface area contributed by atoms with Crippen LogP contribution in [0.25, 0.3) is 0 Å². The maximum absolute atomic E-state index is 12.3. The molecule has 0 unspecified atom stereocenters. The third kappa shape index (κ3) is 2.88. The molecule has 2 aromatic rings. The maximum atomic E-state index is 12.3. The van der Waals surface area contributed by atoms with E-state index >= 15 is 0 Å². The molecule has 0 fully saturated rings. The first kappa shape index (κ1) is 15.8. The van der Waals surface area contributed by atoms with Crippen molar-refractivity contribution >= 4 is 23.5 Å². The third-order valence-corrected chi connectivity index (χ3v) is 3.70. The Morgan fingerprint density at radius 2 is 1.92 bits per heavy atom. The molecule has 7 nitrogen and oxygen atoms in total. The summed E-state index contributed by atoms with van der Waals surface area (Å²) < 4.78 is 5.12. The predicted molar refractivity (Wildman–Crippen MR) is 86.6 cm³/mol. The van der Waals surface area contributed by atoms with Gasteiger partial charge in [-0.05, 0) is 44.2 Å². The van der Waals surface area contributed by atoms with Gasteiger partial charge in [-0.3, -0.25) is 14.5 Å². The molecule has 4 amide bonds. The van der Waals surface area contributed by atoms with Crippen LogP contribution in [0.2, 0.25) is 0 Å². The van der Waals surface area contributed by atoms with Gasteiger partial charge in [0.15, 0.2) is 0 Å². The largest absolute Gasteiger partial charge is 0.467 e. The number of fused-ring (bicyclic) bond motifs is 1. The van der Waals surface area contributed by atoms with Gasteiger partial charge in [0.05, 0.1) is 23.9 Å². The van der Waals surface area contributed by atoms with Gasteiger partial charge in [-0.25, -0.2) is 4.79 Å². The summed E-state index contributed by atoms with van der Waals surface area (Å²) in [6, 6.07) is 7.51. The van der Waals surface area contributed by atoms with Gasteiger partial charge in [-0.2, -0.15) is 0 Å². The van der Waals surface area contributed by atoms with Crippen LogP contribution in [0.5, 0.6) is 0 Å². The molecule has 1 aliphatic heterocycles. The van der Waals surface area contributed by atoms with Crippen LogP contribution in [0.15, 0.2) is 41.0 Å². The number of nitrogens with zero attached hydrogens (tertiary/aromatic N) is 1. The monoisotopic (exact) mass is 327 g/mol. The van der Waals surface area contributed by atoms with Crippen molar-refractivity contribution in [1.29, 1.82) is 0 Å². The minimum absolute atomic E-state index is 0.217. The minimum Gasteiger partial charge on any atom is -0.467 e. The lowest BCUT2D eigenvalue weighted by atomic mass is 10.1. The van der Waals surface area contributed by atoms with Crippen molar-refractivity contribution < 1.29 is 18.8 Å². The molecule has 3 rings (SSSR count). The first-order valence-corrected chi connectivity index (χ1v) is 7.56. The summed E-state index contributed by atoms with van der Waals surface area (Å²) in [6.45, 7) is 3.81. The van der Waals surface area contributed by atoms with Gasteiger partial charge >= 0.3 is 6.03 Å². The highest BCUT2D eigenvalue weighted by Gasteiger charge is 2.37. The minimum atomic E-state index is -0.427. The Labute approximate surface area is 138 Å². The van der Waals surface area contributed by atoms with E-state index in [4.69, 9.17) is 4.42 Å². The summed E-state index contributed by atoms with van der Waals surface area (Å²) in [7, 11) is 0. The third-order valence-electron chi connectivity index (χ3n) is 3.70. The van der Waals surface area contributed by atoms with Crippen LogP contribution in [-0.4, -0.2) is 28.8 Å². The summed E-state index contributed by atoms with van der Waals surface area (Å²) in [4.78, 5) is 37.7. The molecule has 0 radical (unpaired) electrons. The van der Waals surface area contributed by atoms with Gasteiger partial charge in [0, 0.05) is 11.7 Å². The first-order chi connectivity index (χ1) is 11.5. The molecule has 24 heavy (non-hydrogen) atoms. The molecule has 2 heterocycles. The molecule has 124 valence electrons. The fraction of sp³-hybridized carbons (Fsp3) is 0.235. The summed E-state index contributed by atoms with van der Waals surface area (Å²) in [6.07, 6.45) is 1.53. The van der Waals surface area contributed by atoms with Gasteiger partial charge in [-0.15, -0.1) is 0 Å². The Morgan fingerprint density at radius 1 is 1.17 bits per heavy atom. The number of anilines is 1. The summed E-state index contributed by atoms with van der Waals surface area (Å²) in [5.74, 6) is -0.0177. The number of furan rings is 1. The van der Waals surface area contributed by atoms with Crippen LogP contribution < -0.4 is 10.6 Å². The van der Waals surface area contributed by atoms with Crippen molar-refractivity contribution in [2.24, 2.45) is 0 Å². The lowest BCUT2D eigenvalue weighted by Gasteiger charge is -2.17. The molecule has 0 atom stereocenters. The Hall–Kier alpha value is -3.09. The smallest absolute Gasteiger partial charge is 0.319 e. The Balaban J connectivity index is 1.70. The predicted octanol–water partition coefficient (Wildman–Crippen LogP) is 2.61. The van der Waals surface area contributed by atoms with Crippen molar-refractivity contribution in [2.75, 3.05) is 5.32 Å². The molecule has 1 aliphatic rings. The number of amides is 4. The second-order valence-electron chi connectivity index (χ2n) is 5.72. The van der Waals surface area contributed by atoms with Gasteiger partial charge < -0.3 is 15.1 Å². The molecule has 7 heteroatoms. The molecule has 2 N–H and O–H groups in total. The molecule has 1 aromatic carbocycles. The van der Waals surface area contributed by atoms with Crippen LogP contribution in [0.3, 0.4) is 0 Å². The van der Waals surface area contributed by atoms with Crippen molar-refractivity contribution in [1.82, 2.24) is 10.2 Å². The molecule has 0 saturated carbocycles. The van der Waals surface area contributed by atoms with Gasteiger partial charge in [0.25, 0.3) is 11.8 Å². The van der Waals surface area contributed by atoms with E-state index in [1.807, 2.05) is 0 Å². The SMILES string of the molecule is CC(C)N1C(=O)c2ccc(NC(=O)NCc3ccco3)cc2C1=O. The van der Waals surface area contributed by atoms with Crippen LogP contribution in [0, 0.1) is 0 Å². The standard InChI is InChI=1S/C17H17N3O4/c1-10(2)20-15(21)13-6-5-11(8-14(13)16(20)22)19-17(23)18-9-12-4-3-7-24-12/h3-8,10H,9H2,1-2H3,(H2,18,19,23). The Morgan fingerprint density at radius 3 is 2.58 bits per heavy atom. The molecule has 1 aromatic heterocycles. The van der Waals surface area contributed by atoms with Gasteiger partial charge in [0.2, 0.25) is 0 Å². The van der Waals surface area contributed by atoms with E-state index in [-0.39, 0.29) is 24.4 Å². The molecule has 0 spiro atoms. The number of carbonyl (C=O) groups is 3. The second kappa shape index (κ2) is 6.19. The Kier molecular flexibility index (Phi) is 4.07. The van der Waals surface area contributed by atoms with Gasteiger partial charge in [-0.1, -0.05) is 0 Å². The molecule has 0 saturated heterocycles. The molecular formula is C17H17N3O4. The van der Waals surface area contributed by atoms with Crippen LogP contribution in [0.4, 0.5) is 10.5 Å². The highest BCUT2D eigenvalue weighted by molar-refractivity contribution is 6.22. The van der Waals surface area contributed by atoms with Crippen LogP contribution in [-0.2, 0) is 6.54 Å². The first-order valence-electron chi connectivity index (χ1n) is 7.56. The highest BCUT2D eigenvalue weighted by Crippen LogP contribution is 2.27. The number of nitrogens with one attached hydrogen (secondary N) is 2. The van der Waals surface area contributed by atoms with E-state index in [2.05, 4.69) is 10.6 Å². The van der Waals surface area contributed by atoms with E-state index in [9.17, 15) is 14.4 Å². The number of rotatable bonds is 4. The zero-order valence-electron chi connectivity index (χ0n) is 13.3. The van der Waals surface area contributed by atoms with Gasteiger partial charge in [0.1, 0.15) is 5.76 Å². The summed E-state index contributed by atoms with van der Waals surface area (Å²) in [5.41, 5.74) is 1.10. The van der Waals surface area contributed by atoms with E-state index in [0.29, 0.717) is 22.6 Å². The van der Waals surface area contributed by atoms with E-state index in [1.54, 1.807) is 38.1 Å². The second-order valence-corrected chi connectivity index (χ2v) is 5.72. The van der Waals surface area contributed by atoms with Crippen LogP contribution in [0.1, 0.15) is 40.3 Å². The number of carbonyl (C=O) groups excluding carboxylic acids is 3. The zero-order valence-corrected chi connectivity index (χ0v) is 13.3. The van der Waals surface area contributed by atoms with Crippen molar-refractivity contribution in [3.8, 4) is 0 Å². The molecule has 0 aliphatic carbocycles. The molecular weight excluding hydrogens is 310 g/mol. The van der Waals surface area contributed by atoms with Crippen molar-refractivity contribution in [2.45, 2.75) is 26.4 Å². The lowest BCUT2D eigenvalue weighted by Crippen LogP contribution is -2.35. The average Bonchev–Trinajstić information content (AvgIpc) is 3.13. The highest BCUT2D eigenvalue weighted by atomic mass is 16.3. The van der Waals surface area contributed by atoms with Crippen molar-refractivity contribution in [3.05, 3.63) is 53.5 Å². The van der Waals surface area contributed by atoms with E-state index < -0.39 is 6.03 Å². The average molecular weight is 327 g/mol. The maximum Gasteiger partial charge on any atom is 0.319 e. The molecule has 0 bridgehead atoms. The Bertz CT molecular complexity index is 796. The fourth-order valence-electron chi connectivity index (χ4n) is 2.56. The van der Waals surface area contributed by atoms with Crippen molar-refractivity contribution in [3.63, 3.8) is 0 Å². The zero-order chi connectivity index (χ0) is 17.3. The quantitative estimate of drug-likeness (QED) is 0.844. The van der Waals surface area contributed by atoms with E-state index in [0.717, 1.165) is 0 Å².